The van der Waals surface area contributed by atoms with Gasteiger partial charge in [0.25, 0.3) is 5.91 Å². The molecule has 0 atom stereocenters. The van der Waals surface area contributed by atoms with Crippen LogP contribution in [0.25, 0.3) is 10.6 Å². The van der Waals surface area contributed by atoms with Gasteiger partial charge in [0.15, 0.2) is 11.5 Å². The Morgan fingerprint density at radius 2 is 1.82 bits per heavy atom. The Kier molecular flexibility index (Phi) is 8.11. The van der Waals surface area contributed by atoms with Gasteiger partial charge in [-0.05, 0) is 45.0 Å². The van der Waals surface area contributed by atoms with Crippen LogP contribution in [0.4, 0.5) is 10.5 Å². The summed E-state index contributed by atoms with van der Waals surface area (Å²) in [7, 11) is 1.57. The van der Waals surface area contributed by atoms with Crippen LogP contribution in [0.5, 0.6) is 11.5 Å². The number of rotatable bonds is 5. The number of nitrogens with zero attached hydrogens (tertiary/aromatic N) is 3. The molecule has 0 radical (unpaired) electrons. The van der Waals surface area contributed by atoms with E-state index in [2.05, 4.69) is 0 Å². The van der Waals surface area contributed by atoms with E-state index in [0.717, 1.165) is 22.0 Å². The average molecular weight is 579 g/mol. The third-order valence-corrected chi connectivity index (χ3v) is 7.44. The van der Waals surface area contributed by atoms with Gasteiger partial charge in [-0.15, -0.1) is 23.7 Å². The number of carbonyl (C=O) groups is 2. The molecule has 2 aliphatic heterocycles. The summed E-state index contributed by atoms with van der Waals surface area (Å²) in [5, 5.41) is 1.46. The van der Waals surface area contributed by atoms with E-state index in [1.165, 1.54) is 11.3 Å². The first-order valence-electron chi connectivity index (χ1n) is 12.0. The molecule has 5 rings (SSSR count). The number of likely N-dealkylation sites (tertiary alicyclic amines) is 1. The molecule has 38 heavy (non-hydrogen) atoms. The van der Waals surface area contributed by atoms with Crippen LogP contribution in [0.1, 0.15) is 36.1 Å². The van der Waals surface area contributed by atoms with Crippen LogP contribution in [0.3, 0.4) is 0 Å². The van der Waals surface area contributed by atoms with Crippen molar-refractivity contribution in [3.63, 3.8) is 0 Å². The molecule has 3 heterocycles. The zero-order valence-electron chi connectivity index (χ0n) is 21.5. The van der Waals surface area contributed by atoms with Crippen molar-refractivity contribution in [1.29, 1.82) is 0 Å². The van der Waals surface area contributed by atoms with Gasteiger partial charge in [-0.1, -0.05) is 23.7 Å². The van der Waals surface area contributed by atoms with Crippen LogP contribution in [0.2, 0.25) is 5.02 Å². The van der Waals surface area contributed by atoms with Gasteiger partial charge in [-0.2, -0.15) is 0 Å². The molecule has 0 unspecified atom stereocenters. The molecule has 2 aromatic carbocycles. The highest BCUT2D eigenvalue weighted by Crippen LogP contribution is 2.37. The summed E-state index contributed by atoms with van der Waals surface area (Å²) in [4.78, 5) is 34.3. The van der Waals surface area contributed by atoms with Gasteiger partial charge in [0.1, 0.15) is 21.6 Å². The number of fused-ring (bicyclic) bond motifs is 1. The van der Waals surface area contributed by atoms with Crippen molar-refractivity contribution in [3.8, 4) is 22.1 Å². The number of amides is 2. The van der Waals surface area contributed by atoms with E-state index in [1.807, 2.05) is 57.2 Å². The largest absolute Gasteiger partial charge is 0.493 e. The average Bonchev–Trinajstić information content (AvgIpc) is 3.26. The maximum absolute atomic E-state index is 13.4. The van der Waals surface area contributed by atoms with E-state index in [1.54, 1.807) is 23.0 Å². The van der Waals surface area contributed by atoms with Gasteiger partial charge in [-0.3, -0.25) is 4.79 Å². The molecule has 2 amide bonds. The van der Waals surface area contributed by atoms with Crippen molar-refractivity contribution in [2.45, 2.75) is 38.9 Å². The Bertz CT molecular complexity index is 1330. The number of halogens is 2. The number of benzene rings is 2. The van der Waals surface area contributed by atoms with E-state index in [9.17, 15) is 9.59 Å². The molecule has 202 valence electrons. The molecule has 1 fully saturated rings. The fourth-order valence-corrected chi connectivity index (χ4v) is 5.37. The van der Waals surface area contributed by atoms with E-state index < -0.39 is 5.60 Å². The van der Waals surface area contributed by atoms with Crippen molar-refractivity contribution >= 4 is 53.0 Å². The van der Waals surface area contributed by atoms with Gasteiger partial charge in [-0.25, -0.2) is 9.78 Å². The predicted octanol–water partition coefficient (Wildman–Crippen LogP) is 6.09. The normalized spacial score (nSPS) is 15.3. The number of ether oxygens (including phenoxy) is 3. The molecule has 8 nitrogen and oxygen atoms in total. The molecular formula is C27H29Cl2N3O5S. The molecule has 3 aromatic rings. The monoisotopic (exact) mass is 577 g/mol. The van der Waals surface area contributed by atoms with Gasteiger partial charge in [0.2, 0.25) is 0 Å². The van der Waals surface area contributed by atoms with E-state index in [-0.39, 0.29) is 30.5 Å². The predicted molar refractivity (Wildman–Crippen MR) is 150 cm³/mol. The fraction of sp³-hybridized carbons (Fsp3) is 0.370. The highest BCUT2D eigenvalue weighted by atomic mass is 35.5. The lowest BCUT2D eigenvalue weighted by Gasteiger charge is -2.39. The highest BCUT2D eigenvalue weighted by Gasteiger charge is 2.36. The van der Waals surface area contributed by atoms with Crippen molar-refractivity contribution in [1.82, 2.24) is 9.88 Å². The van der Waals surface area contributed by atoms with Gasteiger partial charge < -0.3 is 24.0 Å². The summed E-state index contributed by atoms with van der Waals surface area (Å²) in [6, 6.07) is 12.9. The Morgan fingerprint density at radius 3 is 2.47 bits per heavy atom. The van der Waals surface area contributed by atoms with Gasteiger partial charge in [0, 0.05) is 35.3 Å². The molecule has 2 aliphatic rings. The van der Waals surface area contributed by atoms with Gasteiger partial charge in [0.05, 0.1) is 25.9 Å². The molecule has 1 aromatic heterocycles. The van der Waals surface area contributed by atoms with Crippen LogP contribution in [-0.2, 0) is 11.2 Å². The molecular weight excluding hydrogens is 549 g/mol. The minimum atomic E-state index is -0.536. The maximum atomic E-state index is 13.4. The number of methoxy groups -OCH3 is 1. The lowest BCUT2D eigenvalue weighted by Crippen LogP contribution is -2.57. The molecule has 1 saturated heterocycles. The minimum Gasteiger partial charge on any atom is -0.493 e. The van der Waals surface area contributed by atoms with Crippen LogP contribution in [0, 0.1) is 0 Å². The maximum Gasteiger partial charge on any atom is 0.410 e. The quantitative estimate of drug-likeness (QED) is 0.364. The number of carbonyl (C=O) groups excluding carboxylic acids is 2. The lowest BCUT2D eigenvalue weighted by molar-refractivity contribution is -0.0226. The topological polar surface area (TPSA) is 81.2 Å². The van der Waals surface area contributed by atoms with Gasteiger partial charge >= 0.3 is 6.09 Å². The number of thiazole rings is 1. The SMILES string of the molecule is COc1cc(N2CCc3nc(-c4ccc(Cl)cc4)sc3C2=O)ccc1OC1CN(C(=O)OC(C)(C)C)C1.Cl. The molecule has 0 saturated carbocycles. The first-order chi connectivity index (χ1) is 17.6. The number of hydrogen-bond donors (Lipinski definition) is 0. The molecule has 0 N–H and O–H groups in total. The Balaban J connectivity index is 0.00000336. The summed E-state index contributed by atoms with van der Waals surface area (Å²) in [6.07, 6.45) is 0.156. The highest BCUT2D eigenvalue weighted by molar-refractivity contribution is 7.17. The summed E-state index contributed by atoms with van der Waals surface area (Å²) < 4.78 is 17.0. The standard InChI is InChI=1S/C27H28ClN3O5S.ClH/c1-27(2,3)36-26(33)30-14-19(15-30)35-21-10-9-18(13-22(21)34-4)31-12-11-20-23(25(31)32)37-24(29-20)16-5-7-17(28)8-6-16;/h5-10,13,19H,11-12,14-15H2,1-4H3;1H. The second-order valence-electron chi connectivity index (χ2n) is 9.97. The Labute approximate surface area is 236 Å². The Hall–Kier alpha value is -3.01. The summed E-state index contributed by atoms with van der Waals surface area (Å²) in [5.74, 6) is 1.01. The molecule has 0 bridgehead atoms. The van der Waals surface area contributed by atoms with Crippen LogP contribution in [0.15, 0.2) is 42.5 Å². The zero-order valence-corrected chi connectivity index (χ0v) is 23.9. The zero-order chi connectivity index (χ0) is 26.3. The van der Waals surface area contributed by atoms with E-state index >= 15 is 0 Å². The van der Waals surface area contributed by atoms with Crippen molar-refractivity contribution in [2.24, 2.45) is 0 Å². The Morgan fingerprint density at radius 1 is 1.11 bits per heavy atom. The first kappa shape index (κ1) is 28.0. The van der Waals surface area contributed by atoms with Crippen molar-refractivity contribution in [3.05, 3.63) is 58.1 Å². The number of hydrogen-bond acceptors (Lipinski definition) is 7. The third-order valence-electron chi connectivity index (χ3n) is 6.05. The van der Waals surface area contributed by atoms with Crippen LogP contribution >= 0.6 is 35.3 Å². The third kappa shape index (κ3) is 5.85. The summed E-state index contributed by atoms with van der Waals surface area (Å²) in [6.45, 7) is 6.92. The molecule has 0 spiro atoms. The smallest absolute Gasteiger partial charge is 0.410 e. The van der Waals surface area contributed by atoms with E-state index in [4.69, 9.17) is 30.8 Å². The minimum absolute atomic E-state index is 0. The molecule has 11 heteroatoms. The van der Waals surface area contributed by atoms with Crippen LogP contribution in [-0.4, -0.2) is 60.3 Å². The first-order valence-corrected chi connectivity index (χ1v) is 13.2. The van der Waals surface area contributed by atoms with E-state index in [0.29, 0.717) is 47.5 Å². The summed E-state index contributed by atoms with van der Waals surface area (Å²) >= 11 is 7.40. The fourth-order valence-electron chi connectivity index (χ4n) is 4.18. The molecule has 0 aliphatic carbocycles. The second-order valence-corrected chi connectivity index (χ2v) is 11.4. The lowest BCUT2D eigenvalue weighted by atomic mass is 10.1. The summed E-state index contributed by atoms with van der Waals surface area (Å²) in [5.41, 5.74) is 1.95. The van der Waals surface area contributed by atoms with Crippen molar-refractivity contribution < 1.29 is 23.8 Å². The number of aromatic nitrogens is 1. The second kappa shape index (κ2) is 11.0. The number of anilines is 1. The van der Waals surface area contributed by atoms with Crippen LogP contribution < -0.4 is 14.4 Å². The van der Waals surface area contributed by atoms with Crippen molar-refractivity contribution in [2.75, 3.05) is 31.6 Å².